The highest BCUT2D eigenvalue weighted by Crippen LogP contribution is 2.19. The van der Waals surface area contributed by atoms with E-state index in [0.717, 1.165) is 13.2 Å². The van der Waals surface area contributed by atoms with Crippen LogP contribution in [0.2, 0.25) is 0 Å². The van der Waals surface area contributed by atoms with Gasteiger partial charge in [-0.25, -0.2) is 0 Å². The van der Waals surface area contributed by atoms with Gasteiger partial charge in [-0.1, -0.05) is 48.9 Å². The Kier molecular flexibility index (Phi) is 4.11. The maximum Gasteiger partial charge on any atom is 0.0723 e. The quantitative estimate of drug-likeness (QED) is 0.903. The van der Waals surface area contributed by atoms with Gasteiger partial charge in [0.1, 0.15) is 0 Å². The minimum atomic E-state index is 0.545. The summed E-state index contributed by atoms with van der Waals surface area (Å²) in [7, 11) is 0. The third kappa shape index (κ3) is 3.14. The highest BCUT2D eigenvalue weighted by molar-refractivity contribution is 5.85. The zero-order valence-corrected chi connectivity index (χ0v) is 11.3. The van der Waals surface area contributed by atoms with Crippen molar-refractivity contribution in [2.75, 3.05) is 13.2 Å². The van der Waals surface area contributed by atoms with Gasteiger partial charge >= 0.3 is 0 Å². The largest absolute Gasteiger partial charge is 0.375 e. The zero-order chi connectivity index (χ0) is 12.9. The molecule has 1 saturated heterocycles. The van der Waals surface area contributed by atoms with E-state index in [1.165, 1.54) is 35.6 Å². The van der Waals surface area contributed by atoms with Crippen molar-refractivity contribution in [3.8, 4) is 0 Å². The van der Waals surface area contributed by atoms with Crippen molar-refractivity contribution in [1.29, 1.82) is 0 Å². The molecule has 2 aromatic carbocycles. The van der Waals surface area contributed by atoms with Crippen LogP contribution in [0.4, 0.5) is 0 Å². The van der Waals surface area contributed by atoms with E-state index in [4.69, 9.17) is 4.74 Å². The molecule has 1 heterocycles. The summed E-state index contributed by atoms with van der Waals surface area (Å²) >= 11 is 0. The van der Waals surface area contributed by atoms with Crippen molar-refractivity contribution in [2.45, 2.75) is 31.9 Å². The number of ether oxygens (including phenoxy) is 1. The lowest BCUT2D eigenvalue weighted by Crippen LogP contribution is -2.37. The van der Waals surface area contributed by atoms with E-state index in [0.29, 0.717) is 12.6 Å². The summed E-state index contributed by atoms with van der Waals surface area (Å²) in [4.78, 5) is 0. The highest BCUT2D eigenvalue weighted by atomic mass is 16.5. The van der Waals surface area contributed by atoms with Crippen molar-refractivity contribution in [3.63, 3.8) is 0 Å². The predicted octanol–water partition coefficient (Wildman–Crippen LogP) is 3.50. The third-order valence-electron chi connectivity index (χ3n) is 3.87. The summed E-state index contributed by atoms with van der Waals surface area (Å²) in [6, 6.07) is 15.5. The van der Waals surface area contributed by atoms with Gasteiger partial charge < -0.3 is 10.1 Å². The molecule has 1 aliphatic heterocycles. The van der Waals surface area contributed by atoms with Crippen molar-refractivity contribution in [3.05, 3.63) is 48.0 Å². The smallest absolute Gasteiger partial charge is 0.0723 e. The first-order chi connectivity index (χ1) is 9.43. The van der Waals surface area contributed by atoms with Crippen LogP contribution in [0.3, 0.4) is 0 Å². The zero-order valence-electron chi connectivity index (χ0n) is 11.3. The van der Waals surface area contributed by atoms with Gasteiger partial charge in [-0.3, -0.25) is 0 Å². The van der Waals surface area contributed by atoms with Gasteiger partial charge in [0.15, 0.2) is 0 Å². The van der Waals surface area contributed by atoms with E-state index in [9.17, 15) is 0 Å². The van der Waals surface area contributed by atoms with Gasteiger partial charge in [0.2, 0.25) is 0 Å². The fourth-order valence-corrected chi connectivity index (χ4v) is 2.80. The van der Waals surface area contributed by atoms with E-state index in [1.807, 2.05) is 0 Å². The summed E-state index contributed by atoms with van der Waals surface area (Å²) in [5.74, 6) is 0. The van der Waals surface area contributed by atoms with Crippen molar-refractivity contribution < 1.29 is 4.74 Å². The molecule has 2 aromatic rings. The molecule has 100 valence electrons. The average molecular weight is 255 g/mol. The molecule has 0 amide bonds. The Morgan fingerprint density at radius 2 is 1.95 bits per heavy atom. The fourth-order valence-electron chi connectivity index (χ4n) is 2.80. The number of hydrogen-bond donors (Lipinski definition) is 1. The van der Waals surface area contributed by atoms with E-state index >= 15 is 0 Å². The van der Waals surface area contributed by atoms with Gasteiger partial charge in [0.25, 0.3) is 0 Å². The van der Waals surface area contributed by atoms with E-state index in [1.54, 1.807) is 0 Å². The van der Waals surface area contributed by atoms with Crippen LogP contribution in [0, 0.1) is 0 Å². The summed E-state index contributed by atoms with van der Waals surface area (Å²) < 4.78 is 5.90. The van der Waals surface area contributed by atoms with Crippen LogP contribution in [0.15, 0.2) is 42.5 Å². The van der Waals surface area contributed by atoms with Crippen molar-refractivity contribution in [2.24, 2.45) is 0 Å². The van der Waals surface area contributed by atoms with Crippen LogP contribution < -0.4 is 5.32 Å². The maximum atomic E-state index is 5.90. The van der Waals surface area contributed by atoms with E-state index in [-0.39, 0.29) is 0 Å². The molecule has 1 fully saturated rings. The molecule has 2 heteroatoms. The molecule has 1 N–H and O–H groups in total. The van der Waals surface area contributed by atoms with Gasteiger partial charge in [-0.15, -0.1) is 0 Å². The minimum absolute atomic E-state index is 0.545. The number of fused-ring (bicyclic) bond motifs is 1. The molecule has 2 nitrogen and oxygen atoms in total. The molecule has 0 saturated carbocycles. The van der Waals surface area contributed by atoms with Crippen molar-refractivity contribution in [1.82, 2.24) is 5.32 Å². The lowest BCUT2D eigenvalue weighted by Gasteiger charge is -2.23. The van der Waals surface area contributed by atoms with Crippen LogP contribution in [0.25, 0.3) is 10.8 Å². The highest BCUT2D eigenvalue weighted by Gasteiger charge is 2.12. The van der Waals surface area contributed by atoms with Gasteiger partial charge in [-0.2, -0.15) is 0 Å². The summed E-state index contributed by atoms with van der Waals surface area (Å²) in [5.41, 5.74) is 1.29. The van der Waals surface area contributed by atoms with E-state index in [2.05, 4.69) is 47.8 Å². The number of rotatable bonds is 4. The Morgan fingerprint density at radius 3 is 2.84 bits per heavy atom. The van der Waals surface area contributed by atoms with E-state index < -0.39 is 0 Å². The molecule has 0 radical (unpaired) electrons. The van der Waals surface area contributed by atoms with Crippen LogP contribution >= 0.6 is 0 Å². The van der Waals surface area contributed by atoms with Crippen LogP contribution in [-0.4, -0.2) is 19.2 Å². The number of piperidine rings is 1. The van der Waals surface area contributed by atoms with Crippen LogP contribution in [-0.2, 0) is 11.3 Å². The van der Waals surface area contributed by atoms with Crippen LogP contribution in [0.1, 0.15) is 24.8 Å². The lowest BCUT2D eigenvalue weighted by molar-refractivity contribution is 0.0918. The van der Waals surface area contributed by atoms with Crippen LogP contribution in [0.5, 0.6) is 0 Å². The number of hydrogen-bond acceptors (Lipinski definition) is 2. The maximum absolute atomic E-state index is 5.90. The lowest BCUT2D eigenvalue weighted by atomic mass is 10.0. The Balaban J connectivity index is 1.62. The van der Waals surface area contributed by atoms with Gasteiger partial charge in [-0.05, 0) is 35.7 Å². The predicted molar refractivity (Wildman–Crippen MR) is 79.2 cm³/mol. The molecule has 0 bridgehead atoms. The van der Waals surface area contributed by atoms with Gasteiger partial charge in [0, 0.05) is 6.04 Å². The summed E-state index contributed by atoms with van der Waals surface area (Å²) in [6.07, 6.45) is 3.88. The summed E-state index contributed by atoms with van der Waals surface area (Å²) in [6.45, 7) is 2.67. The number of benzene rings is 2. The first kappa shape index (κ1) is 12.6. The standard InChI is InChI=1S/C17H21NO/c1-2-10-17-14(6-1)7-5-8-15(17)12-19-13-16-9-3-4-11-18-16/h1-2,5-8,10,16,18H,3-4,9,11-13H2. The molecular formula is C17H21NO. The normalized spacial score (nSPS) is 19.7. The topological polar surface area (TPSA) is 21.3 Å². The second-order valence-corrected chi connectivity index (χ2v) is 5.30. The molecule has 19 heavy (non-hydrogen) atoms. The molecule has 0 aliphatic carbocycles. The first-order valence-corrected chi connectivity index (χ1v) is 7.21. The number of nitrogens with one attached hydrogen (secondary N) is 1. The Morgan fingerprint density at radius 1 is 1.05 bits per heavy atom. The molecule has 1 atom stereocenters. The molecule has 1 unspecified atom stereocenters. The monoisotopic (exact) mass is 255 g/mol. The Hall–Kier alpha value is -1.38. The minimum Gasteiger partial charge on any atom is -0.375 e. The molecular weight excluding hydrogens is 234 g/mol. The first-order valence-electron chi connectivity index (χ1n) is 7.21. The summed E-state index contributed by atoms with van der Waals surface area (Å²) in [5, 5.41) is 6.12. The molecule has 0 spiro atoms. The Bertz CT molecular complexity index is 526. The molecule has 0 aromatic heterocycles. The van der Waals surface area contributed by atoms with Crippen molar-refractivity contribution >= 4 is 10.8 Å². The fraction of sp³-hybridized carbons (Fsp3) is 0.412. The second-order valence-electron chi connectivity index (χ2n) is 5.30. The third-order valence-corrected chi connectivity index (χ3v) is 3.87. The SMILES string of the molecule is c1ccc2c(COCC3CCCCN3)cccc2c1. The molecule has 3 rings (SSSR count). The van der Waals surface area contributed by atoms with Gasteiger partial charge in [0.05, 0.1) is 13.2 Å². The average Bonchev–Trinajstić information content (AvgIpc) is 2.49. The second kappa shape index (κ2) is 6.18. The molecule has 1 aliphatic rings. The Labute approximate surface area is 114 Å².